The third-order valence-electron chi connectivity index (χ3n) is 2.55. The average Bonchev–Trinajstić information content (AvgIpc) is 2.41. The molecule has 0 aliphatic carbocycles. The fraction of sp³-hybridized carbons (Fsp3) is 0.214. The van der Waals surface area contributed by atoms with Gasteiger partial charge in [-0.2, -0.15) is 0 Å². The Bertz CT molecular complexity index is 538. The van der Waals surface area contributed by atoms with Gasteiger partial charge in [-0.25, -0.2) is 9.37 Å². The van der Waals surface area contributed by atoms with Crippen LogP contribution in [0.25, 0.3) is 0 Å². The van der Waals surface area contributed by atoms with Gasteiger partial charge in [0, 0.05) is 6.42 Å². The summed E-state index contributed by atoms with van der Waals surface area (Å²) in [6.45, 7) is 0.240. The lowest BCUT2D eigenvalue weighted by molar-refractivity contribution is -0.0477. The van der Waals surface area contributed by atoms with E-state index in [1.165, 1.54) is 0 Å². The van der Waals surface area contributed by atoms with Gasteiger partial charge in [0.2, 0.25) is 6.36 Å². The van der Waals surface area contributed by atoms with Gasteiger partial charge in [-0.3, -0.25) is 0 Å². The third-order valence-corrected chi connectivity index (χ3v) is 3.31. The highest BCUT2D eigenvalue weighted by Crippen LogP contribution is 2.20. The summed E-state index contributed by atoms with van der Waals surface area (Å²) < 4.78 is 19.5. The van der Waals surface area contributed by atoms with E-state index in [-0.39, 0.29) is 13.0 Å². The number of hydrogen-bond donors (Lipinski definition) is 0. The molecule has 0 saturated carbocycles. The molecule has 0 radical (unpaired) electrons. The minimum absolute atomic E-state index is 0.0892. The van der Waals surface area contributed by atoms with Crippen LogP contribution in [0.5, 0.6) is 0 Å². The molecule has 0 fully saturated rings. The van der Waals surface area contributed by atoms with Crippen LogP contribution in [0.3, 0.4) is 0 Å². The Morgan fingerprint density at radius 3 is 2.63 bits per heavy atom. The highest BCUT2D eigenvalue weighted by molar-refractivity contribution is 9.10. The van der Waals surface area contributed by atoms with Gasteiger partial charge in [-0.1, -0.05) is 48.0 Å². The summed E-state index contributed by atoms with van der Waals surface area (Å²) in [5.74, 6) is 0. The van der Waals surface area contributed by atoms with Crippen molar-refractivity contribution in [3.63, 3.8) is 0 Å². The van der Waals surface area contributed by atoms with E-state index in [9.17, 15) is 4.39 Å². The molecule has 0 spiro atoms. The molecule has 1 unspecified atom stereocenters. The van der Waals surface area contributed by atoms with Gasteiger partial charge in [-0.05, 0) is 33.1 Å². The zero-order valence-corrected chi connectivity index (χ0v) is 12.4. The lowest BCUT2D eigenvalue weighted by Crippen LogP contribution is -2.10. The Hall–Kier alpha value is -0.970. The van der Waals surface area contributed by atoms with Crippen molar-refractivity contribution in [2.75, 3.05) is 0 Å². The molecule has 19 heavy (non-hydrogen) atoms. The molecule has 5 heteroatoms. The standard InChI is InChI=1S/C14H12BrClFNO/c15-12-7-6-11(14(16)18-12)8-13(17)19-9-10-4-2-1-3-5-10/h1-7,13H,8-9H2. The van der Waals surface area contributed by atoms with Crippen LogP contribution >= 0.6 is 27.5 Å². The zero-order chi connectivity index (χ0) is 13.7. The lowest BCUT2D eigenvalue weighted by atomic mass is 10.2. The number of halogens is 3. The second-order valence-corrected chi connectivity index (χ2v) is 5.17. The molecule has 0 aliphatic heterocycles. The summed E-state index contributed by atoms with van der Waals surface area (Å²) in [5, 5.41) is 0.292. The fourth-order valence-corrected chi connectivity index (χ4v) is 2.23. The summed E-state index contributed by atoms with van der Waals surface area (Å²) in [7, 11) is 0. The van der Waals surface area contributed by atoms with E-state index in [0.29, 0.717) is 15.3 Å². The molecule has 2 nitrogen and oxygen atoms in total. The Balaban J connectivity index is 1.89. The number of ether oxygens (including phenoxy) is 1. The zero-order valence-electron chi connectivity index (χ0n) is 10.0. The molecule has 2 aromatic rings. The van der Waals surface area contributed by atoms with Crippen LogP contribution in [0.15, 0.2) is 47.1 Å². The minimum Gasteiger partial charge on any atom is -0.343 e. The molecule has 1 atom stereocenters. The molecule has 0 amide bonds. The van der Waals surface area contributed by atoms with Crippen LogP contribution in [0, 0.1) is 0 Å². The van der Waals surface area contributed by atoms with Crippen molar-refractivity contribution in [3.8, 4) is 0 Å². The first kappa shape index (κ1) is 14.4. The van der Waals surface area contributed by atoms with Crippen molar-refractivity contribution >= 4 is 27.5 Å². The molecule has 100 valence electrons. The second kappa shape index (κ2) is 6.98. The molecule has 0 aliphatic rings. The molecule has 0 N–H and O–H groups in total. The van der Waals surface area contributed by atoms with Gasteiger partial charge < -0.3 is 4.74 Å². The van der Waals surface area contributed by atoms with Gasteiger partial charge >= 0.3 is 0 Å². The van der Waals surface area contributed by atoms with Crippen LogP contribution < -0.4 is 0 Å². The summed E-state index contributed by atoms with van der Waals surface area (Å²) >= 11 is 9.13. The highest BCUT2D eigenvalue weighted by atomic mass is 79.9. The number of hydrogen-bond acceptors (Lipinski definition) is 2. The van der Waals surface area contributed by atoms with Gasteiger partial charge in [0.15, 0.2) is 0 Å². The van der Waals surface area contributed by atoms with E-state index in [1.54, 1.807) is 12.1 Å². The van der Waals surface area contributed by atoms with E-state index in [1.807, 2.05) is 30.3 Å². The van der Waals surface area contributed by atoms with Gasteiger partial charge in [0.1, 0.15) is 9.76 Å². The number of rotatable bonds is 5. The quantitative estimate of drug-likeness (QED) is 0.742. The first-order chi connectivity index (χ1) is 9.15. The molecular weight excluding hydrogens is 333 g/mol. The SMILES string of the molecule is FC(Cc1ccc(Br)nc1Cl)OCc1ccccc1. The fourth-order valence-electron chi connectivity index (χ4n) is 1.59. The van der Waals surface area contributed by atoms with Crippen molar-refractivity contribution in [2.45, 2.75) is 19.4 Å². The van der Waals surface area contributed by atoms with Crippen molar-refractivity contribution in [3.05, 3.63) is 63.3 Å². The minimum atomic E-state index is -1.40. The van der Waals surface area contributed by atoms with E-state index >= 15 is 0 Å². The Kier molecular flexibility index (Phi) is 5.31. The van der Waals surface area contributed by atoms with E-state index < -0.39 is 6.36 Å². The Morgan fingerprint density at radius 1 is 1.21 bits per heavy atom. The molecule has 2 rings (SSSR count). The van der Waals surface area contributed by atoms with Crippen LogP contribution in [0.4, 0.5) is 4.39 Å². The second-order valence-electron chi connectivity index (χ2n) is 3.99. The molecular formula is C14H12BrClFNO. The van der Waals surface area contributed by atoms with Crippen LogP contribution in [-0.2, 0) is 17.8 Å². The number of pyridine rings is 1. The maximum absolute atomic E-state index is 13.7. The third kappa shape index (κ3) is 4.56. The molecule has 0 bridgehead atoms. The first-order valence-electron chi connectivity index (χ1n) is 5.75. The predicted molar refractivity (Wildman–Crippen MR) is 76.8 cm³/mol. The summed E-state index contributed by atoms with van der Waals surface area (Å²) in [6.07, 6.45) is -1.31. The molecule has 1 aromatic heterocycles. The van der Waals surface area contributed by atoms with Crippen LogP contribution in [0.1, 0.15) is 11.1 Å². The molecule has 1 aromatic carbocycles. The predicted octanol–water partition coefficient (Wildman–Crippen LogP) is 4.55. The van der Waals surface area contributed by atoms with Crippen molar-refractivity contribution < 1.29 is 9.13 Å². The molecule has 0 saturated heterocycles. The van der Waals surface area contributed by atoms with Gasteiger partial charge in [0.05, 0.1) is 6.61 Å². The Labute approximate surface area is 124 Å². The number of aromatic nitrogens is 1. The maximum atomic E-state index is 13.7. The van der Waals surface area contributed by atoms with Crippen molar-refractivity contribution in [1.82, 2.24) is 4.98 Å². The summed E-state index contributed by atoms with van der Waals surface area (Å²) in [4.78, 5) is 4.00. The summed E-state index contributed by atoms with van der Waals surface area (Å²) in [5.41, 5.74) is 1.57. The maximum Gasteiger partial charge on any atom is 0.203 e. The van der Waals surface area contributed by atoms with E-state index in [2.05, 4.69) is 20.9 Å². The Morgan fingerprint density at radius 2 is 1.95 bits per heavy atom. The first-order valence-corrected chi connectivity index (χ1v) is 6.93. The van der Waals surface area contributed by atoms with E-state index in [4.69, 9.17) is 16.3 Å². The van der Waals surface area contributed by atoms with Gasteiger partial charge in [-0.15, -0.1) is 0 Å². The van der Waals surface area contributed by atoms with Crippen molar-refractivity contribution in [2.24, 2.45) is 0 Å². The number of benzene rings is 1. The highest BCUT2D eigenvalue weighted by Gasteiger charge is 2.12. The van der Waals surface area contributed by atoms with Crippen molar-refractivity contribution in [1.29, 1.82) is 0 Å². The topological polar surface area (TPSA) is 22.1 Å². The smallest absolute Gasteiger partial charge is 0.203 e. The van der Waals surface area contributed by atoms with Gasteiger partial charge in [0.25, 0.3) is 0 Å². The molecule has 1 heterocycles. The van der Waals surface area contributed by atoms with Crippen LogP contribution in [-0.4, -0.2) is 11.3 Å². The van der Waals surface area contributed by atoms with E-state index in [0.717, 1.165) is 5.56 Å². The van der Waals surface area contributed by atoms with Crippen LogP contribution in [0.2, 0.25) is 5.15 Å². The lowest BCUT2D eigenvalue weighted by Gasteiger charge is -2.11. The number of nitrogens with zero attached hydrogens (tertiary/aromatic N) is 1. The summed E-state index contributed by atoms with van der Waals surface area (Å²) in [6, 6.07) is 12.9. The average molecular weight is 345 g/mol. The number of alkyl halides is 1. The normalized spacial score (nSPS) is 12.4. The monoisotopic (exact) mass is 343 g/mol. The largest absolute Gasteiger partial charge is 0.343 e.